The molecule has 1 fully saturated rings. The van der Waals surface area contributed by atoms with Gasteiger partial charge in [-0.1, -0.05) is 42.4 Å². The normalized spacial score (nSPS) is 19.8. The summed E-state index contributed by atoms with van der Waals surface area (Å²) in [4.78, 5) is 2.32. The van der Waals surface area contributed by atoms with Crippen LogP contribution in [0, 0.1) is 5.92 Å². The number of hydrogen-bond acceptors (Lipinski definition) is 4. The van der Waals surface area contributed by atoms with Crippen molar-refractivity contribution in [3.63, 3.8) is 0 Å². The molecule has 1 N–H and O–H groups in total. The average Bonchev–Trinajstić information content (AvgIpc) is 2.61. The Morgan fingerprint density at radius 1 is 1.13 bits per heavy atom. The molecule has 23 heavy (non-hydrogen) atoms. The van der Waals surface area contributed by atoms with E-state index in [0.29, 0.717) is 6.61 Å². The minimum Gasteiger partial charge on any atom is -0.489 e. The number of nitrogens with zero attached hydrogens (tertiary/aromatic N) is 2. The van der Waals surface area contributed by atoms with Crippen LogP contribution in [0.25, 0.3) is 0 Å². The monoisotopic (exact) mass is 310 g/mol. The second-order valence-corrected chi connectivity index (χ2v) is 5.96. The van der Waals surface area contributed by atoms with E-state index in [-0.39, 0.29) is 5.92 Å². The van der Waals surface area contributed by atoms with E-state index in [4.69, 9.17) is 9.94 Å². The average molecular weight is 310 g/mol. The van der Waals surface area contributed by atoms with Gasteiger partial charge < -0.3 is 14.8 Å². The molecule has 0 amide bonds. The minimum absolute atomic E-state index is 0.280. The first-order valence-corrected chi connectivity index (χ1v) is 7.99. The SMILES string of the molecule is CC1CN(c2ccc(OCc3ccccc3)cc2)CCC1=NO. The molecule has 1 aliphatic heterocycles. The molecule has 0 aliphatic carbocycles. The van der Waals surface area contributed by atoms with E-state index in [9.17, 15) is 0 Å². The van der Waals surface area contributed by atoms with Crippen LogP contribution in [0.1, 0.15) is 18.9 Å². The van der Waals surface area contributed by atoms with Crippen molar-refractivity contribution in [1.29, 1.82) is 0 Å². The Bertz CT molecular complexity index is 653. The number of oxime groups is 1. The third-order valence-electron chi connectivity index (χ3n) is 4.28. The number of hydrogen-bond donors (Lipinski definition) is 1. The zero-order valence-electron chi connectivity index (χ0n) is 13.4. The molecule has 0 saturated carbocycles. The summed E-state index contributed by atoms with van der Waals surface area (Å²) in [5.41, 5.74) is 3.24. The topological polar surface area (TPSA) is 45.1 Å². The van der Waals surface area contributed by atoms with Crippen LogP contribution >= 0.6 is 0 Å². The van der Waals surface area contributed by atoms with Crippen LogP contribution in [0.15, 0.2) is 59.8 Å². The molecule has 4 heteroatoms. The molecule has 1 aliphatic rings. The fourth-order valence-electron chi connectivity index (χ4n) is 2.90. The molecule has 1 unspecified atom stereocenters. The van der Waals surface area contributed by atoms with Crippen molar-refractivity contribution in [3.8, 4) is 5.75 Å². The summed E-state index contributed by atoms with van der Waals surface area (Å²) >= 11 is 0. The molecule has 0 radical (unpaired) electrons. The first-order chi connectivity index (χ1) is 11.3. The Balaban J connectivity index is 1.59. The molecule has 4 nitrogen and oxygen atoms in total. The molecular formula is C19H22N2O2. The molecule has 2 aromatic carbocycles. The zero-order valence-corrected chi connectivity index (χ0v) is 13.4. The Labute approximate surface area is 137 Å². The Hall–Kier alpha value is -2.49. The minimum atomic E-state index is 0.280. The van der Waals surface area contributed by atoms with Gasteiger partial charge >= 0.3 is 0 Å². The standard InChI is InChI=1S/C19H22N2O2/c1-15-13-21(12-11-19(15)20-22)17-7-9-18(10-8-17)23-14-16-5-3-2-4-6-16/h2-10,15,22H,11-14H2,1H3. The first-order valence-electron chi connectivity index (χ1n) is 7.99. The highest BCUT2D eigenvalue weighted by Crippen LogP contribution is 2.24. The fraction of sp³-hybridized carbons (Fsp3) is 0.316. The molecule has 1 atom stereocenters. The van der Waals surface area contributed by atoms with Gasteiger partial charge in [-0.25, -0.2) is 0 Å². The van der Waals surface area contributed by atoms with Crippen LogP contribution in [-0.2, 0) is 6.61 Å². The lowest BCUT2D eigenvalue weighted by Crippen LogP contribution is -2.39. The van der Waals surface area contributed by atoms with E-state index < -0.39 is 0 Å². The van der Waals surface area contributed by atoms with E-state index in [0.717, 1.165) is 36.5 Å². The number of benzene rings is 2. The van der Waals surface area contributed by atoms with Gasteiger partial charge in [0, 0.05) is 31.1 Å². The highest BCUT2D eigenvalue weighted by molar-refractivity contribution is 5.88. The quantitative estimate of drug-likeness (QED) is 0.687. The van der Waals surface area contributed by atoms with E-state index >= 15 is 0 Å². The lowest BCUT2D eigenvalue weighted by atomic mass is 9.97. The first kappa shape index (κ1) is 15.4. The van der Waals surface area contributed by atoms with Gasteiger partial charge in [-0.05, 0) is 29.8 Å². The van der Waals surface area contributed by atoms with Gasteiger partial charge in [0.2, 0.25) is 0 Å². The van der Waals surface area contributed by atoms with Gasteiger partial charge in [0.05, 0.1) is 5.71 Å². The van der Waals surface area contributed by atoms with Crippen LogP contribution in [0.2, 0.25) is 0 Å². The van der Waals surface area contributed by atoms with Gasteiger partial charge in [-0.2, -0.15) is 0 Å². The number of anilines is 1. The van der Waals surface area contributed by atoms with E-state index in [1.165, 1.54) is 5.69 Å². The highest BCUT2D eigenvalue weighted by Gasteiger charge is 2.22. The molecule has 120 valence electrons. The molecule has 0 bridgehead atoms. The number of ether oxygens (including phenoxy) is 1. The van der Waals surface area contributed by atoms with Crippen molar-refractivity contribution in [2.24, 2.45) is 11.1 Å². The highest BCUT2D eigenvalue weighted by atomic mass is 16.5. The third kappa shape index (κ3) is 3.83. The number of piperidine rings is 1. The molecule has 3 rings (SSSR count). The summed E-state index contributed by atoms with van der Waals surface area (Å²) in [6, 6.07) is 18.4. The van der Waals surface area contributed by atoms with Crippen LogP contribution < -0.4 is 9.64 Å². The van der Waals surface area contributed by atoms with Crippen LogP contribution in [0.5, 0.6) is 5.75 Å². The maximum Gasteiger partial charge on any atom is 0.119 e. The zero-order chi connectivity index (χ0) is 16.1. The van der Waals surface area contributed by atoms with E-state index in [1.807, 2.05) is 30.3 Å². The lowest BCUT2D eigenvalue weighted by molar-refractivity contribution is 0.306. The Morgan fingerprint density at radius 2 is 1.87 bits per heavy atom. The van der Waals surface area contributed by atoms with Crippen molar-refractivity contribution >= 4 is 11.4 Å². The van der Waals surface area contributed by atoms with Crippen molar-refractivity contribution in [2.75, 3.05) is 18.0 Å². The molecule has 0 spiro atoms. The molecule has 0 aromatic heterocycles. The van der Waals surface area contributed by atoms with Gasteiger partial charge in [-0.15, -0.1) is 0 Å². The van der Waals surface area contributed by atoms with Gasteiger partial charge in [0.25, 0.3) is 0 Å². The van der Waals surface area contributed by atoms with Gasteiger partial charge in [0.15, 0.2) is 0 Å². The van der Waals surface area contributed by atoms with Crippen LogP contribution in [0.4, 0.5) is 5.69 Å². The van der Waals surface area contributed by atoms with Crippen molar-refractivity contribution in [2.45, 2.75) is 20.0 Å². The maximum absolute atomic E-state index is 8.96. The van der Waals surface area contributed by atoms with Gasteiger partial charge in [0.1, 0.15) is 12.4 Å². The molecule has 1 heterocycles. The van der Waals surface area contributed by atoms with Crippen molar-refractivity contribution < 1.29 is 9.94 Å². The summed E-state index contributed by atoms with van der Waals surface area (Å²) in [6.07, 6.45) is 0.809. The van der Waals surface area contributed by atoms with Crippen LogP contribution in [0.3, 0.4) is 0 Å². The Morgan fingerprint density at radius 3 is 2.52 bits per heavy atom. The predicted octanol–water partition coefficient (Wildman–Crippen LogP) is 3.94. The summed E-state index contributed by atoms with van der Waals surface area (Å²) in [5.74, 6) is 1.16. The molecule has 2 aromatic rings. The predicted molar refractivity (Wildman–Crippen MR) is 92.4 cm³/mol. The van der Waals surface area contributed by atoms with Crippen LogP contribution in [-0.4, -0.2) is 24.0 Å². The second kappa shape index (κ2) is 7.18. The summed E-state index contributed by atoms with van der Waals surface area (Å²) in [6.45, 7) is 4.44. The van der Waals surface area contributed by atoms with Crippen molar-refractivity contribution in [3.05, 3.63) is 60.2 Å². The van der Waals surface area contributed by atoms with E-state index in [2.05, 4.69) is 41.2 Å². The molecular weight excluding hydrogens is 288 g/mol. The van der Waals surface area contributed by atoms with Gasteiger partial charge in [-0.3, -0.25) is 0 Å². The number of rotatable bonds is 4. The van der Waals surface area contributed by atoms with Crippen molar-refractivity contribution in [1.82, 2.24) is 0 Å². The lowest BCUT2D eigenvalue weighted by Gasteiger charge is -2.33. The summed E-state index contributed by atoms with van der Waals surface area (Å²) in [7, 11) is 0. The fourth-order valence-corrected chi connectivity index (χ4v) is 2.90. The summed E-state index contributed by atoms with van der Waals surface area (Å²) in [5, 5.41) is 12.4. The largest absolute Gasteiger partial charge is 0.489 e. The maximum atomic E-state index is 8.96. The summed E-state index contributed by atoms with van der Waals surface area (Å²) < 4.78 is 5.82. The second-order valence-electron chi connectivity index (χ2n) is 5.96. The van der Waals surface area contributed by atoms with E-state index in [1.54, 1.807) is 0 Å². The molecule has 1 saturated heterocycles. The third-order valence-corrected chi connectivity index (χ3v) is 4.28. The Kier molecular flexibility index (Phi) is 4.81. The smallest absolute Gasteiger partial charge is 0.119 e.